The van der Waals surface area contributed by atoms with Gasteiger partial charge in [0.1, 0.15) is 5.15 Å². The summed E-state index contributed by atoms with van der Waals surface area (Å²) in [4.78, 5) is 3.40. The first-order valence-electron chi connectivity index (χ1n) is 3.87. The number of hydrogen-bond donors (Lipinski definition) is 1. The van der Waals surface area contributed by atoms with Crippen molar-refractivity contribution in [2.24, 2.45) is 5.73 Å². The Morgan fingerprint density at radius 2 is 2.13 bits per heavy atom. The number of pyridine rings is 1. The number of aromatic nitrogens is 1. The van der Waals surface area contributed by atoms with Crippen LogP contribution < -0.4 is 5.73 Å². The van der Waals surface area contributed by atoms with Crippen LogP contribution in [0.15, 0.2) is 12.3 Å². The van der Waals surface area contributed by atoms with Gasteiger partial charge in [-0.3, -0.25) is 0 Å². The zero-order valence-corrected chi connectivity index (χ0v) is 8.15. The molecule has 80 valence electrons. The van der Waals surface area contributed by atoms with Gasteiger partial charge in [-0.25, -0.2) is 4.98 Å². The summed E-state index contributed by atoms with van der Waals surface area (Å²) in [5.41, 5.74) is 4.23. The molecular weight excluding hydrogens is 229 g/mol. The first kappa shape index (κ1) is 11.8. The van der Waals surface area contributed by atoms with E-state index in [1.165, 1.54) is 0 Å². The Morgan fingerprint density at radius 1 is 1.47 bits per heavy atom. The molecule has 2 N–H and O–H groups in total. The zero-order valence-electron chi connectivity index (χ0n) is 7.40. The van der Waals surface area contributed by atoms with E-state index in [4.69, 9.17) is 17.3 Å². The lowest BCUT2D eigenvalue weighted by molar-refractivity contribution is -0.137. The smallest absolute Gasteiger partial charge is 0.320 e. The van der Waals surface area contributed by atoms with Gasteiger partial charge in [0, 0.05) is 6.20 Å². The van der Waals surface area contributed by atoms with Crippen molar-refractivity contribution in [1.82, 2.24) is 4.98 Å². The third-order valence-electron chi connectivity index (χ3n) is 1.49. The van der Waals surface area contributed by atoms with E-state index in [9.17, 15) is 13.2 Å². The van der Waals surface area contributed by atoms with Crippen LogP contribution in [0.5, 0.6) is 0 Å². The number of rotatable bonds is 0. The summed E-state index contributed by atoms with van der Waals surface area (Å²) in [5.74, 6) is 4.83. The SMILES string of the molecule is NCC#Cc1cc(C(F)(F)F)cnc1Cl. The van der Waals surface area contributed by atoms with Gasteiger partial charge in [-0.1, -0.05) is 23.4 Å². The number of alkyl halides is 3. The van der Waals surface area contributed by atoms with Crippen molar-refractivity contribution in [2.45, 2.75) is 6.18 Å². The van der Waals surface area contributed by atoms with Gasteiger partial charge in [-0.15, -0.1) is 0 Å². The molecule has 0 saturated carbocycles. The standard InChI is InChI=1S/C9H6ClF3N2/c10-8-6(2-1-3-14)4-7(5-15-8)9(11,12)13/h4-5H,3,14H2. The van der Waals surface area contributed by atoms with Gasteiger partial charge >= 0.3 is 6.18 Å². The predicted octanol–water partition coefficient (Wildman–Crippen LogP) is 2.06. The van der Waals surface area contributed by atoms with Crippen LogP contribution in [0.2, 0.25) is 5.15 Å². The van der Waals surface area contributed by atoms with Crippen molar-refractivity contribution in [3.8, 4) is 11.8 Å². The normalized spacial score (nSPS) is 10.7. The van der Waals surface area contributed by atoms with E-state index < -0.39 is 11.7 Å². The summed E-state index contributed by atoms with van der Waals surface area (Å²) in [6.07, 6.45) is -3.79. The molecule has 0 bridgehead atoms. The lowest BCUT2D eigenvalue weighted by atomic mass is 10.2. The van der Waals surface area contributed by atoms with Crippen molar-refractivity contribution < 1.29 is 13.2 Å². The Hall–Kier alpha value is -1.25. The number of nitrogens with zero attached hydrogens (tertiary/aromatic N) is 1. The first-order chi connectivity index (χ1) is 6.95. The van der Waals surface area contributed by atoms with E-state index in [1.54, 1.807) is 0 Å². The van der Waals surface area contributed by atoms with Gasteiger partial charge < -0.3 is 5.73 Å². The summed E-state index contributed by atoms with van der Waals surface area (Å²) in [5, 5.41) is -0.0658. The monoisotopic (exact) mass is 234 g/mol. The van der Waals surface area contributed by atoms with Crippen molar-refractivity contribution in [3.05, 3.63) is 28.5 Å². The van der Waals surface area contributed by atoms with Crippen LogP contribution in [0.3, 0.4) is 0 Å². The molecule has 0 aliphatic rings. The predicted molar refractivity (Wildman–Crippen MR) is 50.2 cm³/mol. The molecule has 0 spiro atoms. The van der Waals surface area contributed by atoms with Gasteiger partial charge in [0.05, 0.1) is 17.7 Å². The average Bonchev–Trinajstić information content (AvgIpc) is 2.15. The molecule has 1 heterocycles. The van der Waals surface area contributed by atoms with E-state index in [0.29, 0.717) is 6.20 Å². The van der Waals surface area contributed by atoms with Crippen molar-refractivity contribution in [3.63, 3.8) is 0 Å². The number of hydrogen-bond acceptors (Lipinski definition) is 2. The van der Waals surface area contributed by atoms with E-state index in [1.807, 2.05) is 0 Å². The molecule has 0 unspecified atom stereocenters. The molecule has 0 aliphatic heterocycles. The quantitative estimate of drug-likeness (QED) is 0.551. The van der Waals surface area contributed by atoms with Crippen LogP contribution >= 0.6 is 11.6 Å². The van der Waals surface area contributed by atoms with Crippen molar-refractivity contribution >= 4 is 11.6 Å². The second-order valence-corrected chi connectivity index (χ2v) is 2.92. The molecule has 1 aromatic rings. The van der Waals surface area contributed by atoms with Crippen LogP contribution in [0, 0.1) is 11.8 Å². The lowest BCUT2D eigenvalue weighted by Gasteiger charge is -2.06. The van der Waals surface area contributed by atoms with E-state index in [2.05, 4.69) is 16.8 Å². The largest absolute Gasteiger partial charge is 0.417 e. The summed E-state index contributed by atoms with van der Waals surface area (Å²) in [7, 11) is 0. The van der Waals surface area contributed by atoms with E-state index in [0.717, 1.165) is 6.07 Å². The van der Waals surface area contributed by atoms with E-state index in [-0.39, 0.29) is 17.3 Å². The van der Waals surface area contributed by atoms with Gasteiger partial charge in [-0.05, 0) is 6.07 Å². The molecular formula is C9H6ClF3N2. The summed E-state index contributed by atoms with van der Waals surface area (Å²) < 4.78 is 36.8. The summed E-state index contributed by atoms with van der Waals surface area (Å²) in [6.45, 7) is 0.0482. The zero-order chi connectivity index (χ0) is 11.5. The van der Waals surface area contributed by atoms with Crippen LogP contribution in [-0.4, -0.2) is 11.5 Å². The van der Waals surface area contributed by atoms with Crippen LogP contribution in [0.25, 0.3) is 0 Å². The highest BCUT2D eigenvalue weighted by Crippen LogP contribution is 2.30. The van der Waals surface area contributed by atoms with Gasteiger partial charge in [-0.2, -0.15) is 13.2 Å². The Labute approximate surface area is 89.2 Å². The third-order valence-corrected chi connectivity index (χ3v) is 1.79. The molecule has 0 aromatic carbocycles. The second kappa shape index (κ2) is 4.51. The Kier molecular flexibility index (Phi) is 3.56. The van der Waals surface area contributed by atoms with Crippen LogP contribution in [0.4, 0.5) is 13.2 Å². The van der Waals surface area contributed by atoms with E-state index >= 15 is 0 Å². The first-order valence-corrected chi connectivity index (χ1v) is 4.24. The van der Waals surface area contributed by atoms with Crippen LogP contribution in [0.1, 0.15) is 11.1 Å². The number of nitrogens with two attached hydrogens (primary N) is 1. The molecule has 2 nitrogen and oxygen atoms in total. The summed E-state index contributed by atoms with van der Waals surface area (Å²) in [6, 6.07) is 0.845. The highest BCUT2D eigenvalue weighted by molar-refractivity contribution is 6.30. The maximum Gasteiger partial charge on any atom is 0.417 e. The van der Waals surface area contributed by atoms with Gasteiger partial charge in [0.2, 0.25) is 0 Å². The highest BCUT2D eigenvalue weighted by atomic mass is 35.5. The van der Waals surface area contributed by atoms with Crippen molar-refractivity contribution in [2.75, 3.05) is 6.54 Å². The van der Waals surface area contributed by atoms with Crippen LogP contribution in [-0.2, 0) is 6.18 Å². The topological polar surface area (TPSA) is 38.9 Å². The number of halogens is 4. The Bertz CT molecular complexity index is 418. The maximum atomic E-state index is 12.3. The van der Waals surface area contributed by atoms with Gasteiger partial charge in [0.25, 0.3) is 0 Å². The molecule has 1 aromatic heterocycles. The molecule has 0 atom stereocenters. The average molecular weight is 235 g/mol. The second-order valence-electron chi connectivity index (χ2n) is 2.57. The fraction of sp³-hybridized carbons (Fsp3) is 0.222. The maximum absolute atomic E-state index is 12.3. The Morgan fingerprint density at radius 3 is 2.67 bits per heavy atom. The molecule has 6 heteroatoms. The molecule has 0 amide bonds. The third kappa shape index (κ3) is 3.11. The minimum Gasteiger partial charge on any atom is -0.320 e. The molecule has 0 radical (unpaired) electrons. The molecule has 0 saturated heterocycles. The minimum absolute atomic E-state index is 0.0249. The van der Waals surface area contributed by atoms with Crippen molar-refractivity contribution in [1.29, 1.82) is 0 Å². The fourth-order valence-corrected chi connectivity index (χ4v) is 0.988. The highest BCUT2D eigenvalue weighted by Gasteiger charge is 2.31. The summed E-state index contributed by atoms with van der Waals surface area (Å²) >= 11 is 5.56. The Balaban J connectivity index is 3.17. The van der Waals surface area contributed by atoms with Gasteiger partial charge in [0.15, 0.2) is 0 Å². The fourth-order valence-electron chi connectivity index (χ4n) is 0.837. The molecule has 1 rings (SSSR count). The molecule has 0 aliphatic carbocycles. The molecule has 0 fully saturated rings. The minimum atomic E-state index is -4.45. The lowest BCUT2D eigenvalue weighted by Crippen LogP contribution is -2.06. The molecule has 15 heavy (non-hydrogen) atoms.